The maximum atomic E-state index is 4.79. The van der Waals surface area contributed by atoms with Gasteiger partial charge >= 0.3 is 0 Å². The number of nitrogens with zero attached hydrogens (tertiary/aromatic N) is 4. The van der Waals surface area contributed by atoms with Crippen molar-refractivity contribution < 1.29 is 0 Å². The molecule has 0 N–H and O–H groups in total. The Labute approximate surface area is 116 Å². The molecular formula is C15H26N4. The zero-order valence-corrected chi connectivity index (χ0v) is 12.5. The number of hydrogen-bond acceptors (Lipinski definition) is 3. The summed E-state index contributed by atoms with van der Waals surface area (Å²) >= 11 is 0. The van der Waals surface area contributed by atoms with Gasteiger partial charge in [-0.2, -0.15) is 0 Å². The normalized spacial score (nSPS) is 26.3. The Morgan fingerprint density at radius 2 is 2.05 bits per heavy atom. The van der Waals surface area contributed by atoms with Crippen LogP contribution in [0.5, 0.6) is 0 Å². The molecule has 2 aliphatic rings. The fraction of sp³-hybridized carbons (Fsp3) is 0.733. The summed E-state index contributed by atoms with van der Waals surface area (Å²) < 4.78 is 0. The van der Waals surface area contributed by atoms with Crippen LogP contribution in [0.2, 0.25) is 0 Å². The Balaban J connectivity index is 2.02. The molecule has 0 aromatic heterocycles. The molecule has 1 fully saturated rings. The van der Waals surface area contributed by atoms with Crippen molar-refractivity contribution in [3.8, 4) is 0 Å². The minimum absolute atomic E-state index is 0.230. The van der Waals surface area contributed by atoms with Crippen molar-refractivity contribution in [2.75, 3.05) is 33.2 Å². The molecule has 0 aromatic carbocycles. The van der Waals surface area contributed by atoms with E-state index in [2.05, 4.69) is 47.8 Å². The van der Waals surface area contributed by atoms with E-state index >= 15 is 0 Å². The summed E-state index contributed by atoms with van der Waals surface area (Å²) in [5, 5.41) is 0. The molecule has 0 saturated carbocycles. The number of allylic oxidation sites excluding steroid dienone is 1. The van der Waals surface area contributed by atoms with Crippen molar-refractivity contribution in [2.45, 2.75) is 39.3 Å². The number of rotatable bonds is 3. The lowest BCUT2D eigenvalue weighted by Gasteiger charge is -2.34. The summed E-state index contributed by atoms with van der Waals surface area (Å²) in [6.07, 6.45) is 7.71. The maximum absolute atomic E-state index is 4.79. The van der Waals surface area contributed by atoms with Crippen LogP contribution in [0.1, 0.15) is 33.1 Å². The van der Waals surface area contributed by atoms with Crippen molar-refractivity contribution in [2.24, 2.45) is 9.98 Å². The van der Waals surface area contributed by atoms with Crippen LogP contribution in [0.25, 0.3) is 0 Å². The summed E-state index contributed by atoms with van der Waals surface area (Å²) in [6.45, 7) is 8.82. The van der Waals surface area contributed by atoms with Gasteiger partial charge in [0.25, 0.3) is 0 Å². The smallest absolute Gasteiger partial charge is 0.148 e. The SMILES string of the molecule is CCC1=N/C(=N\C(C)N2CCN(C)CC2)C=CCC1. The molecule has 0 aromatic rings. The zero-order chi connectivity index (χ0) is 13.7. The van der Waals surface area contributed by atoms with E-state index in [1.54, 1.807) is 0 Å². The highest BCUT2D eigenvalue weighted by molar-refractivity contribution is 6.04. The Morgan fingerprint density at radius 1 is 1.32 bits per heavy atom. The molecule has 4 nitrogen and oxygen atoms in total. The van der Waals surface area contributed by atoms with E-state index in [0.29, 0.717) is 0 Å². The molecule has 2 rings (SSSR count). The topological polar surface area (TPSA) is 31.2 Å². The lowest BCUT2D eigenvalue weighted by atomic mass is 10.2. The fourth-order valence-corrected chi connectivity index (χ4v) is 2.49. The van der Waals surface area contributed by atoms with Crippen LogP contribution in [0, 0.1) is 0 Å². The van der Waals surface area contributed by atoms with Crippen molar-refractivity contribution in [3.05, 3.63) is 12.2 Å². The van der Waals surface area contributed by atoms with Crippen molar-refractivity contribution in [3.63, 3.8) is 0 Å². The van der Waals surface area contributed by atoms with Crippen LogP contribution in [-0.4, -0.2) is 60.7 Å². The molecule has 1 saturated heterocycles. The first-order valence-corrected chi connectivity index (χ1v) is 7.42. The van der Waals surface area contributed by atoms with Gasteiger partial charge in [-0.25, -0.2) is 9.98 Å². The predicted molar refractivity (Wildman–Crippen MR) is 82.1 cm³/mol. The van der Waals surface area contributed by atoms with E-state index in [9.17, 15) is 0 Å². The van der Waals surface area contributed by atoms with Crippen LogP contribution in [-0.2, 0) is 0 Å². The number of amidine groups is 1. The molecule has 1 unspecified atom stereocenters. The molecule has 0 aliphatic carbocycles. The monoisotopic (exact) mass is 262 g/mol. The quantitative estimate of drug-likeness (QED) is 0.780. The van der Waals surface area contributed by atoms with Gasteiger partial charge in [0.15, 0.2) is 0 Å². The minimum atomic E-state index is 0.230. The van der Waals surface area contributed by atoms with Crippen LogP contribution < -0.4 is 0 Å². The number of piperazine rings is 1. The number of hydrogen-bond donors (Lipinski definition) is 0. The highest BCUT2D eigenvalue weighted by atomic mass is 15.3. The van der Waals surface area contributed by atoms with Gasteiger partial charge in [0.05, 0.1) is 0 Å². The lowest BCUT2D eigenvalue weighted by molar-refractivity contribution is 0.122. The molecular weight excluding hydrogens is 236 g/mol. The average molecular weight is 262 g/mol. The minimum Gasteiger partial charge on any atom is -0.304 e. The maximum Gasteiger partial charge on any atom is 0.148 e. The fourth-order valence-electron chi connectivity index (χ4n) is 2.49. The summed E-state index contributed by atoms with van der Waals surface area (Å²) in [4.78, 5) is 14.3. The summed E-state index contributed by atoms with van der Waals surface area (Å²) in [5.41, 5.74) is 1.27. The standard InChI is InChI=1S/C15H26N4/c1-4-14-7-5-6-8-15(17-14)16-13(2)19-11-9-18(3)10-12-19/h6,8,13H,4-5,7,9-12H2,1-3H3/b16-15-. The molecule has 19 heavy (non-hydrogen) atoms. The van der Waals surface area contributed by atoms with Crippen LogP contribution in [0.3, 0.4) is 0 Å². The van der Waals surface area contributed by atoms with Crippen LogP contribution in [0.4, 0.5) is 0 Å². The molecule has 0 spiro atoms. The zero-order valence-electron chi connectivity index (χ0n) is 12.5. The molecule has 0 amide bonds. The molecule has 106 valence electrons. The Morgan fingerprint density at radius 3 is 2.74 bits per heavy atom. The van der Waals surface area contributed by atoms with Gasteiger partial charge < -0.3 is 4.90 Å². The largest absolute Gasteiger partial charge is 0.304 e. The van der Waals surface area contributed by atoms with Crippen LogP contribution >= 0.6 is 0 Å². The predicted octanol–water partition coefficient (Wildman–Crippen LogP) is 2.18. The number of likely N-dealkylation sites (N-methyl/N-ethyl adjacent to an activating group) is 1. The summed E-state index contributed by atoms with van der Waals surface area (Å²) in [6, 6.07) is 0. The lowest BCUT2D eigenvalue weighted by Crippen LogP contribution is -2.47. The second-order valence-electron chi connectivity index (χ2n) is 5.43. The van der Waals surface area contributed by atoms with Gasteiger partial charge in [-0.3, -0.25) is 4.90 Å². The van der Waals surface area contributed by atoms with Gasteiger partial charge in [-0.05, 0) is 39.3 Å². The summed E-state index contributed by atoms with van der Waals surface area (Å²) in [5.74, 6) is 0.903. The molecule has 0 radical (unpaired) electrons. The Kier molecular flexibility index (Phi) is 5.28. The van der Waals surface area contributed by atoms with Gasteiger partial charge in [0.1, 0.15) is 12.0 Å². The third-order valence-electron chi connectivity index (χ3n) is 3.93. The highest BCUT2D eigenvalue weighted by Gasteiger charge is 2.18. The van der Waals surface area contributed by atoms with E-state index in [1.165, 1.54) is 5.71 Å². The Hall–Kier alpha value is -1.00. The highest BCUT2D eigenvalue weighted by Crippen LogP contribution is 2.10. The Bertz CT molecular complexity index is 376. The van der Waals surface area contributed by atoms with E-state index in [-0.39, 0.29) is 6.17 Å². The molecule has 0 bridgehead atoms. The second-order valence-corrected chi connectivity index (χ2v) is 5.43. The molecule has 2 heterocycles. The van der Waals surface area contributed by atoms with Gasteiger partial charge in [-0.1, -0.05) is 13.0 Å². The van der Waals surface area contributed by atoms with Crippen molar-refractivity contribution >= 4 is 11.5 Å². The average Bonchev–Trinajstić information content (AvgIpc) is 2.64. The van der Waals surface area contributed by atoms with Gasteiger partial charge in [0.2, 0.25) is 0 Å². The third-order valence-corrected chi connectivity index (χ3v) is 3.93. The van der Waals surface area contributed by atoms with Crippen LogP contribution in [0.15, 0.2) is 22.1 Å². The first kappa shape index (κ1) is 14.4. The molecule has 1 atom stereocenters. The summed E-state index contributed by atoms with van der Waals surface area (Å²) in [7, 11) is 2.18. The van der Waals surface area contributed by atoms with Crippen molar-refractivity contribution in [1.29, 1.82) is 0 Å². The van der Waals surface area contributed by atoms with E-state index in [0.717, 1.165) is 51.3 Å². The molecule has 4 heteroatoms. The van der Waals surface area contributed by atoms with E-state index in [1.807, 2.05) is 0 Å². The first-order chi connectivity index (χ1) is 9.19. The van der Waals surface area contributed by atoms with E-state index < -0.39 is 0 Å². The van der Waals surface area contributed by atoms with E-state index in [4.69, 9.17) is 4.99 Å². The molecule has 2 aliphatic heterocycles. The second kappa shape index (κ2) is 6.96. The van der Waals surface area contributed by atoms with Gasteiger partial charge in [0, 0.05) is 31.9 Å². The van der Waals surface area contributed by atoms with Crippen molar-refractivity contribution in [1.82, 2.24) is 9.80 Å². The first-order valence-electron chi connectivity index (χ1n) is 7.42. The van der Waals surface area contributed by atoms with Gasteiger partial charge in [-0.15, -0.1) is 0 Å². The third kappa shape index (κ3) is 4.25. The number of aliphatic imine (C=N–C) groups is 2.